The Labute approximate surface area is 96.3 Å². The highest BCUT2D eigenvalue weighted by Crippen LogP contribution is 2.29. The lowest BCUT2D eigenvalue weighted by atomic mass is 10.1. The number of nitrogens with zero attached hydrogens (tertiary/aromatic N) is 3. The molecule has 0 aliphatic carbocycles. The average molecular weight is 220 g/mol. The van der Waals surface area contributed by atoms with Crippen LogP contribution in [0, 0.1) is 0 Å². The summed E-state index contributed by atoms with van der Waals surface area (Å²) in [4.78, 5) is 16.4. The van der Waals surface area contributed by atoms with Crippen molar-refractivity contribution in [3.05, 3.63) is 43.0 Å². The van der Waals surface area contributed by atoms with Crippen molar-refractivity contribution in [3.63, 3.8) is 0 Å². The number of imidazole rings is 1. The fourth-order valence-electron chi connectivity index (χ4n) is 2.29. The number of benzene rings is 1. The summed E-state index contributed by atoms with van der Waals surface area (Å²) in [5.74, 6) is 0. The minimum Gasteiger partial charge on any atom is -0.359 e. The summed E-state index contributed by atoms with van der Waals surface area (Å²) in [6.07, 6.45) is 5.30. The Morgan fingerprint density at radius 1 is 0.824 bits per heavy atom. The van der Waals surface area contributed by atoms with Crippen molar-refractivity contribution < 1.29 is 0 Å². The largest absolute Gasteiger partial charge is 0.359 e. The van der Waals surface area contributed by atoms with Gasteiger partial charge < -0.3 is 4.98 Å². The van der Waals surface area contributed by atoms with Crippen LogP contribution in [0.25, 0.3) is 32.8 Å². The Morgan fingerprint density at radius 2 is 1.65 bits per heavy atom. The minimum atomic E-state index is 0.917. The van der Waals surface area contributed by atoms with Crippen LogP contribution in [0.2, 0.25) is 0 Å². The SMILES string of the molecule is c1cnc2c(c1)c1ncnc1c1ccc[nH]c12. The third kappa shape index (κ3) is 1.04. The first kappa shape index (κ1) is 8.64. The second kappa shape index (κ2) is 3.01. The van der Waals surface area contributed by atoms with Crippen molar-refractivity contribution in [1.82, 2.24) is 19.9 Å². The van der Waals surface area contributed by atoms with Gasteiger partial charge in [-0.2, -0.15) is 0 Å². The first-order valence-electron chi connectivity index (χ1n) is 5.39. The Hall–Kier alpha value is -2.49. The zero-order valence-corrected chi connectivity index (χ0v) is 8.88. The lowest BCUT2D eigenvalue weighted by Crippen LogP contribution is -1.86. The van der Waals surface area contributed by atoms with E-state index in [1.165, 1.54) is 0 Å². The van der Waals surface area contributed by atoms with Crippen molar-refractivity contribution in [1.29, 1.82) is 0 Å². The van der Waals surface area contributed by atoms with Crippen LogP contribution < -0.4 is 0 Å². The van der Waals surface area contributed by atoms with Gasteiger partial charge in [-0.1, -0.05) is 0 Å². The number of fused-ring (bicyclic) bond motifs is 6. The van der Waals surface area contributed by atoms with Crippen LogP contribution in [0.3, 0.4) is 0 Å². The minimum absolute atomic E-state index is 0.917. The van der Waals surface area contributed by atoms with E-state index in [2.05, 4.69) is 19.9 Å². The number of pyridine rings is 2. The summed E-state index contributed by atoms with van der Waals surface area (Å²) in [7, 11) is 0. The molecule has 3 aromatic heterocycles. The van der Waals surface area contributed by atoms with Crippen molar-refractivity contribution in [3.8, 4) is 0 Å². The monoisotopic (exact) mass is 220 g/mol. The molecule has 0 saturated heterocycles. The Kier molecular flexibility index (Phi) is 1.53. The predicted octanol–water partition coefficient (Wildman–Crippen LogP) is 2.66. The molecular formula is C13H8N4. The molecule has 3 heterocycles. The van der Waals surface area contributed by atoms with Gasteiger partial charge in [0.05, 0.1) is 11.0 Å². The molecule has 0 saturated carbocycles. The zero-order chi connectivity index (χ0) is 11.2. The average Bonchev–Trinajstić information content (AvgIpc) is 2.89. The van der Waals surface area contributed by atoms with Gasteiger partial charge in [0.2, 0.25) is 0 Å². The van der Waals surface area contributed by atoms with Crippen LogP contribution in [0.1, 0.15) is 0 Å². The van der Waals surface area contributed by atoms with Gasteiger partial charge in [-0.3, -0.25) is 4.98 Å². The second-order valence-corrected chi connectivity index (χ2v) is 3.93. The quantitative estimate of drug-likeness (QED) is 0.463. The standard InChI is InChI=1S/C13H8N4/c1-3-8-10(14-5-1)11-9(4-2-6-15-11)13-12(8)16-7-17-13/h1-7,14H. The number of aromatic nitrogens is 4. The van der Waals surface area contributed by atoms with Crippen LogP contribution in [-0.2, 0) is 0 Å². The molecule has 0 bridgehead atoms. The number of hydrogen-bond donors (Lipinski definition) is 1. The number of hydrogen-bond acceptors (Lipinski definition) is 3. The Balaban J connectivity index is 2.48. The van der Waals surface area contributed by atoms with E-state index in [0.29, 0.717) is 0 Å². The Bertz CT molecular complexity index is 778. The van der Waals surface area contributed by atoms with Crippen LogP contribution in [0.15, 0.2) is 43.0 Å². The van der Waals surface area contributed by atoms with E-state index in [1.807, 2.05) is 30.5 Å². The summed E-state index contributed by atoms with van der Waals surface area (Å²) in [5.41, 5.74) is 3.80. The molecular weight excluding hydrogens is 212 g/mol. The highest BCUT2D eigenvalue weighted by atomic mass is 14.9. The summed E-state index contributed by atoms with van der Waals surface area (Å²) >= 11 is 0. The van der Waals surface area contributed by atoms with Gasteiger partial charge in [0.25, 0.3) is 0 Å². The van der Waals surface area contributed by atoms with Gasteiger partial charge in [0.1, 0.15) is 17.4 Å². The maximum Gasteiger partial charge on any atom is 0.116 e. The van der Waals surface area contributed by atoms with Gasteiger partial charge in [-0.05, 0) is 24.3 Å². The van der Waals surface area contributed by atoms with Crippen LogP contribution in [0.5, 0.6) is 0 Å². The summed E-state index contributed by atoms with van der Waals surface area (Å²) in [5, 5.41) is 2.10. The van der Waals surface area contributed by atoms with E-state index in [4.69, 9.17) is 0 Å². The molecule has 0 aliphatic heterocycles. The molecule has 0 unspecified atom stereocenters. The maximum absolute atomic E-state index is 4.44. The van der Waals surface area contributed by atoms with Crippen molar-refractivity contribution in [2.75, 3.05) is 0 Å². The Morgan fingerprint density at radius 3 is 2.59 bits per heavy atom. The van der Waals surface area contributed by atoms with Crippen molar-refractivity contribution in [2.45, 2.75) is 0 Å². The van der Waals surface area contributed by atoms with E-state index >= 15 is 0 Å². The fraction of sp³-hybridized carbons (Fsp3) is 0. The van der Waals surface area contributed by atoms with Gasteiger partial charge in [0, 0.05) is 23.2 Å². The first-order valence-corrected chi connectivity index (χ1v) is 5.39. The van der Waals surface area contributed by atoms with Gasteiger partial charge >= 0.3 is 0 Å². The smallest absolute Gasteiger partial charge is 0.116 e. The van der Waals surface area contributed by atoms with Gasteiger partial charge in [-0.25, -0.2) is 9.97 Å². The van der Waals surface area contributed by atoms with Crippen LogP contribution in [0.4, 0.5) is 0 Å². The molecule has 4 aromatic rings. The molecule has 4 rings (SSSR count). The van der Waals surface area contributed by atoms with E-state index in [1.54, 1.807) is 12.5 Å². The topological polar surface area (TPSA) is 54.5 Å². The zero-order valence-electron chi connectivity index (χ0n) is 8.88. The number of H-pyrrole nitrogens is 1. The molecule has 0 fully saturated rings. The second-order valence-electron chi connectivity index (χ2n) is 3.93. The number of nitrogens with one attached hydrogen (secondary N) is 1. The molecule has 0 atom stereocenters. The van der Waals surface area contributed by atoms with E-state index in [0.717, 1.165) is 32.8 Å². The molecule has 0 spiro atoms. The molecule has 4 nitrogen and oxygen atoms in total. The first-order chi connectivity index (χ1) is 8.45. The summed E-state index contributed by atoms with van der Waals surface area (Å²) in [6, 6.07) is 7.95. The molecule has 1 N–H and O–H groups in total. The van der Waals surface area contributed by atoms with Crippen LogP contribution >= 0.6 is 0 Å². The van der Waals surface area contributed by atoms with Crippen molar-refractivity contribution in [2.24, 2.45) is 0 Å². The van der Waals surface area contributed by atoms with E-state index in [9.17, 15) is 0 Å². The van der Waals surface area contributed by atoms with Gasteiger partial charge in [0.15, 0.2) is 0 Å². The van der Waals surface area contributed by atoms with Crippen molar-refractivity contribution >= 4 is 32.8 Å². The lowest BCUT2D eigenvalue weighted by Gasteiger charge is -2.03. The molecule has 80 valence electrons. The molecule has 0 aliphatic rings. The van der Waals surface area contributed by atoms with E-state index in [-0.39, 0.29) is 0 Å². The molecule has 0 amide bonds. The fourth-order valence-corrected chi connectivity index (χ4v) is 2.29. The number of rotatable bonds is 0. The lowest BCUT2D eigenvalue weighted by molar-refractivity contribution is 1.35. The molecule has 4 heteroatoms. The maximum atomic E-state index is 4.44. The number of aromatic amines is 1. The van der Waals surface area contributed by atoms with Crippen LogP contribution in [-0.4, -0.2) is 19.9 Å². The molecule has 17 heavy (non-hydrogen) atoms. The third-order valence-corrected chi connectivity index (χ3v) is 3.01. The summed E-state index contributed by atoms with van der Waals surface area (Å²) in [6.45, 7) is 0. The molecule has 1 aromatic carbocycles. The normalized spacial score (nSPS) is 11.5. The third-order valence-electron chi connectivity index (χ3n) is 3.01. The summed E-state index contributed by atoms with van der Waals surface area (Å²) < 4.78 is 0. The van der Waals surface area contributed by atoms with Gasteiger partial charge in [-0.15, -0.1) is 0 Å². The highest BCUT2D eigenvalue weighted by molar-refractivity contribution is 6.20. The van der Waals surface area contributed by atoms with E-state index < -0.39 is 0 Å². The predicted molar refractivity (Wildman–Crippen MR) is 66.7 cm³/mol. The highest BCUT2D eigenvalue weighted by Gasteiger charge is 2.10. The molecule has 0 radical (unpaired) electrons.